The van der Waals surface area contributed by atoms with Crippen molar-refractivity contribution in [1.29, 1.82) is 0 Å². The average Bonchev–Trinajstić information content (AvgIpc) is 2.68. The summed E-state index contributed by atoms with van der Waals surface area (Å²) in [5.41, 5.74) is 8.07. The fraction of sp³-hybridized carbons (Fsp3) is 0.938. The zero-order valence-electron chi connectivity index (χ0n) is 15.8. The fourth-order valence-corrected chi connectivity index (χ4v) is 1.60. The summed E-state index contributed by atoms with van der Waals surface area (Å²) in [7, 11) is 0. The maximum atomic E-state index is 10.00. The van der Waals surface area contributed by atoms with Crippen molar-refractivity contribution in [2.45, 2.75) is 0 Å². The Morgan fingerprint density at radius 3 is 1.26 bits per heavy atom. The molecule has 0 N–H and O–H groups in total. The van der Waals surface area contributed by atoms with Gasteiger partial charge in [0.25, 0.3) is 0 Å². The zero-order valence-corrected chi connectivity index (χ0v) is 15.8. The van der Waals surface area contributed by atoms with Crippen LogP contribution in [-0.4, -0.2) is 105 Å². The van der Waals surface area contributed by atoms with Crippen molar-refractivity contribution in [3.63, 3.8) is 0 Å². The van der Waals surface area contributed by atoms with Gasteiger partial charge >= 0.3 is 0 Å². The highest BCUT2D eigenvalue weighted by Crippen LogP contribution is 1.85. The third-order valence-electron chi connectivity index (χ3n) is 2.82. The van der Waals surface area contributed by atoms with E-state index >= 15 is 0 Å². The predicted octanol–water partition coefficient (Wildman–Crippen LogP) is 0.612. The second-order valence-electron chi connectivity index (χ2n) is 4.87. The van der Waals surface area contributed by atoms with Gasteiger partial charge in [0.15, 0.2) is 0 Å². The van der Waals surface area contributed by atoms with Crippen LogP contribution in [0.5, 0.6) is 0 Å². The molecule has 158 valence electrons. The largest absolute Gasteiger partial charge is 0.379 e. The molecule has 0 bridgehead atoms. The molecule has 0 saturated heterocycles. The first-order valence-electron chi connectivity index (χ1n) is 8.90. The average molecular weight is 393 g/mol. The third-order valence-corrected chi connectivity index (χ3v) is 2.82. The Labute approximate surface area is 159 Å². The van der Waals surface area contributed by atoms with Gasteiger partial charge in [0.05, 0.1) is 85.9 Å². The lowest BCUT2D eigenvalue weighted by Crippen LogP contribution is -2.14. The predicted molar refractivity (Wildman–Crippen MR) is 95.8 cm³/mol. The van der Waals surface area contributed by atoms with Crippen LogP contribution in [0.15, 0.2) is 5.11 Å². The molecule has 0 fully saturated rings. The van der Waals surface area contributed by atoms with Crippen molar-refractivity contribution in [2.24, 2.45) is 5.11 Å². The summed E-state index contributed by atoms with van der Waals surface area (Å²) in [6.07, 6.45) is 0.706. The van der Waals surface area contributed by atoms with Crippen LogP contribution in [0.4, 0.5) is 0 Å². The first kappa shape index (κ1) is 25.7. The van der Waals surface area contributed by atoms with Gasteiger partial charge in [-0.25, -0.2) is 0 Å². The quantitative estimate of drug-likeness (QED) is 0.0811. The van der Waals surface area contributed by atoms with Crippen LogP contribution in [-0.2, 0) is 38.0 Å². The molecular formula is C16H31N3O8. The molecule has 0 aliphatic heterocycles. The summed E-state index contributed by atoms with van der Waals surface area (Å²) in [5, 5.41) is 3.35. The van der Waals surface area contributed by atoms with Crippen LogP contribution in [0.2, 0.25) is 0 Å². The van der Waals surface area contributed by atoms with Gasteiger partial charge in [-0.2, -0.15) is 0 Å². The summed E-state index contributed by atoms with van der Waals surface area (Å²) >= 11 is 0. The van der Waals surface area contributed by atoms with Gasteiger partial charge < -0.3 is 38.0 Å². The second kappa shape index (κ2) is 24.7. The number of nitrogens with zero attached hydrogens (tertiary/aromatic N) is 3. The Balaban J connectivity index is 2.99. The second-order valence-corrected chi connectivity index (χ2v) is 4.87. The van der Waals surface area contributed by atoms with E-state index in [0.717, 1.165) is 0 Å². The summed E-state index contributed by atoms with van der Waals surface area (Å²) in [4.78, 5) is 12.6. The summed E-state index contributed by atoms with van der Waals surface area (Å²) in [6.45, 7) is 6.54. The lowest BCUT2D eigenvalue weighted by Gasteiger charge is -2.08. The molecule has 0 rings (SSSR count). The van der Waals surface area contributed by atoms with E-state index in [-0.39, 0.29) is 6.61 Å². The molecule has 0 unspecified atom stereocenters. The number of carbonyl (C=O) groups excluding carboxylic acids is 1. The van der Waals surface area contributed by atoms with Crippen molar-refractivity contribution < 1.29 is 38.0 Å². The first-order chi connectivity index (χ1) is 13.4. The fourth-order valence-electron chi connectivity index (χ4n) is 1.60. The number of aldehydes is 1. The SMILES string of the molecule is [N-]=[N+]=NCCOCCOCCOCCOCCOCCOCCOCC=O. The van der Waals surface area contributed by atoms with Crippen molar-refractivity contribution in [2.75, 3.05) is 99.0 Å². The first-order valence-corrected chi connectivity index (χ1v) is 8.90. The van der Waals surface area contributed by atoms with Gasteiger partial charge in [-0.1, -0.05) is 5.11 Å². The smallest absolute Gasteiger partial charge is 0.145 e. The van der Waals surface area contributed by atoms with Crippen molar-refractivity contribution in [1.82, 2.24) is 0 Å². The maximum Gasteiger partial charge on any atom is 0.145 e. The number of hydrogen-bond acceptors (Lipinski definition) is 9. The Hall–Kier alpha value is -1.30. The Morgan fingerprint density at radius 2 is 0.926 bits per heavy atom. The Morgan fingerprint density at radius 1 is 0.593 bits per heavy atom. The third kappa shape index (κ3) is 24.7. The molecule has 0 aromatic carbocycles. The highest BCUT2D eigenvalue weighted by atomic mass is 16.6. The van der Waals surface area contributed by atoms with Gasteiger partial charge in [0, 0.05) is 11.5 Å². The van der Waals surface area contributed by atoms with Crippen LogP contribution in [0.3, 0.4) is 0 Å². The number of rotatable bonds is 23. The normalized spacial score (nSPS) is 10.7. The molecule has 0 radical (unpaired) electrons. The molecule has 27 heavy (non-hydrogen) atoms. The molecule has 0 heterocycles. The van der Waals surface area contributed by atoms with Gasteiger partial charge in [0.2, 0.25) is 0 Å². The molecule has 0 spiro atoms. The van der Waals surface area contributed by atoms with Crippen molar-refractivity contribution in [3.05, 3.63) is 10.4 Å². The number of ether oxygens (including phenoxy) is 7. The minimum Gasteiger partial charge on any atom is -0.379 e. The van der Waals surface area contributed by atoms with E-state index in [1.54, 1.807) is 0 Å². The molecule has 11 heteroatoms. The molecule has 0 aromatic heterocycles. The molecule has 0 aromatic rings. The van der Waals surface area contributed by atoms with Crippen LogP contribution < -0.4 is 0 Å². The molecule has 11 nitrogen and oxygen atoms in total. The minimum absolute atomic E-state index is 0.101. The van der Waals surface area contributed by atoms with E-state index < -0.39 is 0 Å². The van der Waals surface area contributed by atoms with Crippen LogP contribution >= 0.6 is 0 Å². The number of hydrogen-bond donors (Lipinski definition) is 0. The van der Waals surface area contributed by atoms with E-state index in [4.69, 9.17) is 38.7 Å². The molecule has 0 amide bonds. The summed E-state index contributed by atoms with van der Waals surface area (Å²) < 4.78 is 36.7. The molecule has 0 saturated carbocycles. The van der Waals surface area contributed by atoms with Gasteiger partial charge in [-0.15, -0.1) is 0 Å². The Bertz CT molecular complexity index is 357. The van der Waals surface area contributed by atoms with E-state index in [9.17, 15) is 4.79 Å². The standard InChI is InChI=1S/C16H31N3O8/c17-19-18-1-3-21-5-7-23-9-11-25-13-15-27-16-14-26-12-10-24-8-6-22-4-2-20/h2H,1,3-16H2. The molecule has 0 aliphatic carbocycles. The topological polar surface area (TPSA) is 130 Å². The summed E-state index contributed by atoms with van der Waals surface area (Å²) in [6, 6.07) is 0. The van der Waals surface area contributed by atoms with E-state index in [1.807, 2.05) is 0 Å². The van der Waals surface area contributed by atoms with Crippen molar-refractivity contribution >= 4 is 6.29 Å². The minimum atomic E-state index is 0.101. The lowest BCUT2D eigenvalue weighted by atomic mass is 10.6. The van der Waals surface area contributed by atoms with Gasteiger partial charge in [-0.3, -0.25) is 0 Å². The molecule has 0 aliphatic rings. The van der Waals surface area contributed by atoms with E-state index in [1.165, 1.54) is 0 Å². The zero-order chi connectivity index (χ0) is 19.7. The van der Waals surface area contributed by atoms with Crippen molar-refractivity contribution in [3.8, 4) is 0 Å². The van der Waals surface area contributed by atoms with Crippen LogP contribution in [0, 0.1) is 0 Å². The summed E-state index contributed by atoms with van der Waals surface area (Å²) in [5.74, 6) is 0. The molecule has 0 atom stereocenters. The van der Waals surface area contributed by atoms with E-state index in [2.05, 4.69) is 10.0 Å². The monoisotopic (exact) mass is 393 g/mol. The highest BCUT2D eigenvalue weighted by Gasteiger charge is 1.94. The number of azide groups is 1. The van der Waals surface area contributed by atoms with Crippen LogP contribution in [0.1, 0.15) is 0 Å². The Kier molecular flexibility index (Phi) is 23.5. The van der Waals surface area contributed by atoms with E-state index in [0.29, 0.717) is 98.7 Å². The highest BCUT2D eigenvalue weighted by molar-refractivity contribution is 5.50. The van der Waals surface area contributed by atoms with Gasteiger partial charge in [0.1, 0.15) is 12.9 Å². The maximum absolute atomic E-state index is 10.00. The van der Waals surface area contributed by atoms with Crippen LogP contribution in [0.25, 0.3) is 10.4 Å². The number of carbonyl (C=O) groups is 1. The van der Waals surface area contributed by atoms with Gasteiger partial charge in [-0.05, 0) is 5.53 Å². The molecular weight excluding hydrogens is 362 g/mol. The lowest BCUT2D eigenvalue weighted by molar-refractivity contribution is -0.112.